The molecule has 5 nitrogen and oxygen atoms in total. The summed E-state index contributed by atoms with van der Waals surface area (Å²) in [5, 5.41) is 8.00. The maximum absolute atomic E-state index is 13.3. The van der Waals surface area contributed by atoms with E-state index in [4.69, 9.17) is 63.6 Å². The number of carbonyl (C=O) groups is 1. The van der Waals surface area contributed by atoms with E-state index in [1.807, 2.05) is 18.2 Å². The number of aliphatic imine (C=N–C) groups is 1. The van der Waals surface area contributed by atoms with Crippen molar-refractivity contribution in [3.63, 3.8) is 0 Å². The molecule has 4 rings (SSSR count). The van der Waals surface area contributed by atoms with Crippen LogP contribution >= 0.6 is 58.6 Å². The Kier molecular flexibility index (Phi) is 7.12. The topological polar surface area (TPSA) is 56.7 Å². The van der Waals surface area contributed by atoms with Crippen molar-refractivity contribution in [2.45, 2.75) is 6.17 Å². The highest BCUT2D eigenvalue weighted by atomic mass is 35.5. The second-order valence-electron chi connectivity index (χ2n) is 7.14. The van der Waals surface area contributed by atoms with Crippen LogP contribution in [0.3, 0.4) is 0 Å². The van der Waals surface area contributed by atoms with Gasteiger partial charge in [0.1, 0.15) is 0 Å². The lowest BCUT2D eigenvalue weighted by Gasteiger charge is -2.22. The van der Waals surface area contributed by atoms with Gasteiger partial charge in [-0.05, 0) is 54.7 Å². The van der Waals surface area contributed by atoms with Crippen molar-refractivity contribution in [3.8, 4) is 0 Å². The number of anilines is 2. The summed E-state index contributed by atoms with van der Waals surface area (Å²) in [5.74, 6) is -0.318. The molecule has 1 aliphatic heterocycles. The highest BCUT2D eigenvalue weighted by Crippen LogP contribution is 2.32. The number of rotatable bonds is 3. The molecule has 0 fully saturated rings. The van der Waals surface area contributed by atoms with Gasteiger partial charge < -0.3 is 15.5 Å². The molecule has 1 atom stereocenters. The summed E-state index contributed by atoms with van der Waals surface area (Å²) in [6, 6.07) is 17.5. The second kappa shape index (κ2) is 9.87. The van der Waals surface area contributed by atoms with Gasteiger partial charge in [-0.3, -0.25) is 4.79 Å². The minimum atomic E-state index is -1.04. The minimum absolute atomic E-state index is 0.150. The van der Waals surface area contributed by atoms with Gasteiger partial charge >= 0.3 is 0 Å². The number of benzodiazepines with no additional fused rings is 1. The van der Waals surface area contributed by atoms with E-state index >= 15 is 0 Å². The first-order chi connectivity index (χ1) is 15.7. The molecular weight excluding hydrogens is 522 g/mol. The molecule has 0 aromatic heterocycles. The van der Waals surface area contributed by atoms with Crippen LogP contribution in [0.1, 0.15) is 11.1 Å². The maximum Gasteiger partial charge on any atom is 0.272 e. The number of nitrogens with zero attached hydrogens (tertiary/aromatic N) is 2. The van der Waals surface area contributed by atoms with E-state index in [0.29, 0.717) is 48.3 Å². The number of hydrogen-bond donors (Lipinski definition) is 2. The molecule has 2 N–H and O–H groups in total. The fraction of sp³-hybridized carbons (Fsp3) is 0.0870. The Bertz CT molecular complexity index is 1300. The largest absolute Gasteiger partial charge is 0.333 e. The Balaban J connectivity index is 1.75. The van der Waals surface area contributed by atoms with Crippen LogP contribution < -0.4 is 15.5 Å². The van der Waals surface area contributed by atoms with Crippen molar-refractivity contribution in [1.82, 2.24) is 5.32 Å². The number of hydrogen-bond acceptors (Lipinski definition) is 3. The molecule has 0 aliphatic carbocycles. The predicted molar refractivity (Wildman–Crippen MR) is 142 cm³/mol. The highest BCUT2D eigenvalue weighted by molar-refractivity contribution is 7.80. The summed E-state index contributed by atoms with van der Waals surface area (Å²) in [6.45, 7) is 0. The molecule has 3 aromatic carbocycles. The lowest BCUT2D eigenvalue weighted by Crippen LogP contribution is -2.47. The van der Waals surface area contributed by atoms with Crippen molar-refractivity contribution in [2.24, 2.45) is 4.99 Å². The third-order valence-corrected chi connectivity index (χ3v) is 6.32. The maximum atomic E-state index is 13.3. The van der Waals surface area contributed by atoms with Crippen molar-refractivity contribution >= 4 is 86.7 Å². The molecule has 0 saturated carbocycles. The molecule has 1 unspecified atom stereocenters. The molecule has 1 amide bonds. The van der Waals surface area contributed by atoms with E-state index in [1.54, 1.807) is 49.5 Å². The van der Waals surface area contributed by atoms with E-state index in [9.17, 15) is 4.79 Å². The fourth-order valence-corrected chi connectivity index (χ4v) is 4.34. The van der Waals surface area contributed by atoms with Crippen LogP contribution in [0.4, 0.5) is 11.4 Å². The molecule has 3 aromatic rings. The van der Waals surface area contributed by atoms with Crippen molar-refractivity contribution in [2.75, 3.05) is 17.3 Å². The Labute approximate surface area is 216 Å². The molecule has 0 radical (unpaired) electrons. The number of carbonyl (C=O) groups excluding carboxylic acids is 1. The number of amides is 1. The predicted octanol–water partition coefficient (Wildman–Crippen LogP) is 6.43. The normalized spacial score (nSPS) is 15.4. The van der Waals surface area contributed by atoms with Gasteiger partial charge in [0, 0.05) is 33.2 Å². The third kappa shape index (κ3) is 5.10. The Morgan fingerprint density at radius 1 is 0.939 bits per heavy atom. The molecule has 168 valence electrons. The molecular formula is C23H16Cl4N4OS. The van der Waals surface area contributed by atoms with Crippen LogP contribution in [0.5, 0.6) is 0 Å². The van der Waals surface area contributed by atoms with Crippen molar-refractivity contribution in [1.29, 1.82) is 0 Å². The number of fused-ring (bicyclic) bond motifs is 1. The fourth-order valence-electron chi connectivity index (χ4n) is 3.38. The zero-order chi connectivity index (χ0) is 23.7. The Morgan fingerprint density at radius 3 is 2.39 bits per heavy atom. The minimum Gasteiger partial charge on any atom is -0.333 e. The smallest absolute Gasteiger partial charge is 0.272 e. The van der Waals surface area contributed by atoms with Crippen molar-refractivity contribution < 1.29 is 4.79 Å². The van der Waals surface area contributed by atoms with E-state index in [-0.39, 0.29) is 11.0 Å². The van der Waals surface area contributed by atoms with E-state index < -0.39 is 6.17 Å². The summed E-state index contributed by atoms with van der Waals surface area (Å²) in [5.41, 5.74) is 2.99. The zero-order valence-corrected chi connectivity index (χ0v) is 20.9. The van der Waals surface area contributed by atoms with Crippen LogP contribution in [0.15, 0.2) is 65.7 Å². The standard InChI is InChI=1S/C23H16Cl4N4OS/c1-31-19-9-7-12(24)10-15(19)20(14-4-2-3-5-16(14)26)29-21(22(31)32)30-23(33)28-18-11-13(25)6-8-17(18)27/h2-11,21H,1H3,(H2,28,30,33). The van der Waals surface area contributed by atoms with Crippen LogP contribution in [0, 0.1) is 0 Å². The van der Waals surface area contributed by atoms with Gasteiger partial charge in [-0.1, -0.05) is 64.6 Å². The number of likely N-dealkylation sites (N-methyl/N-ethyl adjacent to an activating group) is 1. The molecule has 0 bridgehead atoms. The SMILES string of the molecule is CN1C(=O)C(NC(=S)Nc2cc(Cl)ccc2Cl)N=C(c2ccccc2Cl)c2cc(Cl)ccc21. The van der Waals surface area contributed by atoms with Crippen molar-refractivity contribution in [3.05, 3.63) is 91.9 Å². The summed E-state index contributed by atoms with van der Waals surface area (Å²) >= 11 is 30.5. The lowest BCUT2D eigenvalue weighted by atomic mass is 10.00. The number of thiocarbonyl (C=S) groups is 1. The van der Waals surface area contributed by atoms with Gasteiger partial charge in [0.15, 0.2) is 5.11 Å². The average Bonchev–Trinajstić information content (AvgIpc) is 2.87. The van der Waals surface area contributed by atoms with Crippen LogP contribution in [0.25, 0.3) is 0 Å². The van der Waals surface area contributed by atoms with Gasteiger partial charge in [-0.15, -0.1) is 0 Å². The summed E-state index contributed by atoms with van der Waals surface area (Å²) in [4.78, 5) is 19.6. The van der Waals surface area contributed by atoms with Crippen LogP contribution in [-0.2, 0) is 4.79 Å². The van der Waals surface area contributed by atoms with Gasteiger partial charge in [-0.2, -0.15) is 0 Å². The summed E-state index contributed by atoms with van der Waals surface area (Å²) in [6.07, 6.45) is -1.04. The number of halogens is 4. The van der Waals surface area contributed by atoms with E-state index in [0.717, 1.165) is 0 Å². The molecule has 0 saturated heterocycles. The first-order valence-corrected chi connectivity index (χ1v) is 11.6. The molecule has 0 spiro atoms. The average molecular weight is 538 g/mol. The Morgan fingerprint density at radius 2 is 1.64 bits per heavy atom. The van der Waals surface area contributed by atoms with Gasteiger partial charge in [0.2, 0.25) is 6.17 Å². The lowest BCUT2D eigenvalue weighted by molar-refractivity contribution is -0.119. The summed E-state index contributed by atoms with van der Waals surface area (Å²) in [7, 11) is 1.67. The quantitative estimate of drug-likeness (QED) is 0.378. The number of nitrogens with one attached hydrogen (secondary N) is 2. The highest BCUT2D eigenvalue weighted by Gasteiger charge is 2.31. The van der Waals surface area contributed by atoms with Gasteiger partial charge in [0.05, 0.1) is 22.1 Å². The van der Waals surface area contributed by atoms with E-state index in [1.165, 1.54) is 4.90 Å². The second-order valence-corrected chi connectivity index (χ2v) is 9.24. The number of benzene rings is 3. The summed E-state index contributed by atoms with van der Waals surface area (Å²) < 4.78 is 0. The molecule has 1 aliphatic rings. The zero-order valence-electron chi connectivity index (χ0n) is 17.1. The van der Waals surface area contributed by atoms with Gasteiger partial charge in [0.25, 0.3) is 5.91 Å². The molecule has 10 heteroatoms. The Hall–Kier alpha value is -2.35. The first kappa shape index (κ1) is 23.8. The van der Waals surface area contributed by atoms with Crippen LogP contribution in [0.2, 0.25) is 20.1 Å². The molecule has 1 heterocycles. The third-order valence-electron chi connectivity index (χ3n) is 4.97. The monoisotopic (exact) mass is 536 g/mol. The van der Waals surface area contributed by atoms with Gasteiger partial charge in [-0.25, -0.2) is 4.99 Å². The van der Waals surface area contributed by atoms with Crippen LogP contribution in [-0.4, -0.2) is 29.9 Å². The molecule has 33 heavy (non-hydrogen) atoms. The first-order valence-electron chi connectivity index (χ1n) is 9.67. The van der Waals surface area contributed by atoms with E-state index in [2.05, 4.69) is 10.6 Å².